The van der Waals surface area contributed by atoms with Crippen molar-refractivity contribution >= 4 is 11.9 Å². The maximum absolute atomic E-state index is 13.4. The van der Waals surface area contributed by atoms with Crippen molar-refractivity contribution in [1.29, 1.82) is 0 Å². The van der Waals surface area contributed by atoms with Crippen molar-refractivity contribution in [2.45, 2.75) is 70.1 Å². The van der Waals surface area contributed by atoms with Gasteiger partial charge in [-0.1, -0.05) is 12.0 Å². The van der Waals surface area contributed by atoms with E-state index in [0.29, 0.717) is 11.7 Å². The molecule has 38 heavy (non-hydrogen) atoms. The number of hydrogen-bond donors (Lipinski definition) is 1. The van der Waals surface area contributed by atoms with Crippen LogP contribution in [0.25, 0.3) is 0 Å². The van der Waals surface area contributed by atoms with Gasteiger partial charge in [-0.2, -0.15) is 0 Å². The molecule has 0 aromatic heterocycles. The van der Waals surface area contributed by atoms with Crippen LogP contribution < -0.4 is 9.47 Å². The normalized spacial score (nSPS) is 28.4. The number of benzene rings is 2. The topological polar surface area (TPSA) is 79.3 Å². The molecular formula is C31H34N2O5. The number of phenolic OH excluding ortho intramolecular Hbond substituents is 1. The fourth-order valence-electron chi connectivity index (χ4n) is 7.57. The average molecular weight is 515 g/mol. The van der Waals surface area contributed by atoms with Gasteiger partial charge in [0.25, 0.3) is 5.91 Å². The van der Waals surface area contributed by atoms with Gasteiger partial charge in [-0.05, 0) is 82.3 Å². The molecule has 2 aliphatic carbocycles. The Kier molecular flexibility index (Phi) is 5.73. The summed E-state index contributed by atoms with van der Waals surface area (Å²) >= 11 is 0. The minimum absolute atomic E-state index is 0.146. The van der Waals surface area contributed by atoms with Crippen LogP contribution in [-0.2, 0) is 21.4 Å². The number of amides is 1. The predicted molar refractivity (Wildman–Crippen MR) is 142 cm³/mol. The fourth-order valence-corrected chi connectivity index (χ4v) is 7.57. The van der Waals surface area contributed by atoms with Gasteiger partial charge in [0.05, 0.1) is 6.04 Å². The van der Waals surface area contributed by atoms with Gasteiger partial charge in [0.2, 0.25) is 0 Å². The number of aromatic hydroxyl groups is 1. The van der Waals surface area contributed by atoms with Crippen molar-refractivity contribution in [3.05, 3.63) is 52.1 Å². The molecule has 198 valence electrons. The highest BCUT2D eigenvalue weighted by Gasteiger charge is 2.66. The van der Waals surface area contributed by atoms with Crippen LogP contribution in [0.5, 0.6) is 17.2 Å². The molecule has 2 bridgehead atoms. The van der Waals surface area contributed by atoms with E-state index in [1.165, 1.54) is 18.6 Å². The number of nitrogens with zero attached hydrogens (tertiary/aromatic N) is 2. The Hall–Kier alpha value is -3.50. The second-order valence-corrected chi connectivity index (χ2v) is 11.5. The lowest BCUT2D eigenvalue weighted by Gasteiger charge is -2.59. The number of piperidine rings is 1. The Morgan fingerprint density at radius 2 is 2.00 bits per heavy atom. The van der Waals surface area contributed by atoms with Gasteiger partial charge in [-0.25, -0.2) is 0 Å². The van der Waals surface area contributed by atoms with Crippen LogP contribution in [0.2, 0.25) is 0 Å². The van der Waals surface area contributed by atoms with Gasteiger partial charge >= 0.3 is 5.97 Å². The predicted octanol–water partition coefficient (Wildman–Crippen LogP) is 3.48. The summed E-state index contributed by atoms with van der Waals surface area (Å²) in [4.78, 5) is 29.4. The van der Waals surface area contributed by atoms with E-state index in [9.17, 15) is 14.7 Å². The molecule has 2 aromatic carbocycles. The second kappa shape index (κ2) is 8.78. The maximum Gasteiger partial charge on any atom is 0.308 e. The SMILES string of the molecule is CC(=O)Oc1cc(O)c2c3c1O[C@H]1[C@@H](N(C)C(=O)C#Cc4ccc(C)c(C)c4)CC[C@H]4[C@@H](C2)N(C)CC[C@@]341. The minimum atomic E-state index is -0.462. The number of ether oxygens (including phenoxy) is 2. The molecule has 2 aliphatic heterocycles. The number of likely N-dealkylation sites (N-methyl/N-ethyl adjacent to an activating group) is 2. The molecule has 1 amide bonds. The summed E-state index contributed by atoms with van der Waals surface area (Å²) in [5.41, 5.74) is 4.67. The number of likely N-dealkylation sites (tertiary alicyclic amines) is 1. The highest BCUT2D eigenvalue weighted by molar-refractivity contribution is 5.94. The quantitative estimate of drug-likeness (QED) is 0.376. The molecule has 0 radical (unpaired) electrons. The van der Waals surface area contributed by atoms with E-state index in [-0.39, 0.29) is 41.0 Å². The smallest absolute Gasteiger partial charge is 0.308 e. The molecule has 0 unspecified atom stereocenters. The average Bonchev–Trinajstić information content (AvgIpc) is 3.22. The molecule has 2 heterocycles. The van der Waals surface area contributed by atoms with Crippen LogP contribution in [-0.4, -0.2) is 65.6 Å². The molecule has 5 atom stereocenters. The lowest BCUT2D eigenvalue weighted by Crippen LogP contribution is -2.68. The number of hydrogen-bond acceptors (Lipinski definition) is 6. The molecule has 7 nitrogen and oxygen atoms in total. The molecule has 1 spiro atoms. The Bertz CT molecular complexity index is 1420. The largest absolute Gasteiger partial charge is 0.508 e. The van der Waals surface area contributed by atoms with Crippen LogP contribution in [0, 0.1) is 31.6 Å². The number of rotatable bonds is 2. The molecule has 4 aliphatic rings. The van der Waals surface area contributed by atoms with E-state index in [1.807, 2.05) is 32.2 Å². The Morgan fingerprint density at radius 3 is 2.74 bits per heavy atom. The fraction of sp³-hybridized carbons (Fsp3) is 0.484. The van der Waals surface area contributed by atoms with Crippen LogP contribution in [0.15, 0.2) is 24.3 Å². The molecule has 2 fully saturated rings. The van der Waals surface area contributed by atoms with E-state index in [2.05, 4.69) is 30.7 Å². The zero-order chi connectivity index (χ0) is 26.9. The third kappa shape index (κ3) is 3.54. The van der Waals surface area contributed by atoms with Crippen molar-refractivity contribution in [3.63, 3.8) is 0 Å². The third-order valence-corrected chi connectivity index (χ3v) is 9.55. The summed E-state index contributed by atoms with van der Waals surface area (Å²) in [6.45, 7) is 6.34. The molecule has 7 heteroatoms. The van der Waals surface area contributed by atoms with Crippen LogP contribution in [0.3, 0.4) is 0 Å². The zero-order valence-corrected chi connectivity index (χ0v) is 22.6. The first-order valence-electron chi connectivity index (χ1n) is 13.4. The second-order valence-electron chi connectivity index (χ2n) is 11.5. The third-order valence-electron chi connectivity index (χ3n) is 9.55. The van der Waals surface area contributed by atoms with E-state index < -0.39 is 5.97 Å². The lowest BCUT2D eigenvalue weighted by molar-refractivity contribution is -0.133. The molecule has 2 aromatic rings. The van der Waals surface area contributed by atoms with E-state index >= 15 is 0 Å². The number of esters is 1. The Labute approximate surface area is 223 Å². The number of carbonyl (C=O) groups is 2. The van der Waals surface area contributed by atoms with Gasteiger partial charge in [0.1, 0.15) is 11.9 Å². The maximum atomic E-state index is 13.4. The van der Waals surface area contributed by atoms with Crippen LogP contribution >= 0.6 is 0 Å². The van der Waals surface area contributed by atoms with Crippen LogP contribution in [0.1, 0.15) is 54.0 Å². The van der Waals surface area contributed by atoms with Gasteiger partial charge in [0, 0.05) is 54.1 Å². The van der Waals surface area contributed by atoms with Gasteiger partial charge in [-0.3, -0.25) is 9.59 Å². The van der Waals surface area contributed by atoms with E-state index in [0.717, 1.165) is 54.5 Å². The summed E-state index contributed by atoms with van der Waals surface area (Å²) in [6.07, 6.45) is 3.02. The van der Waals surface area contributed by atoms with Gasteiger partial charge in [0.15, 0.2) is 11.5 Å². The number of aryl methyl sites for hydroxylation is 2. The monoisotopic (exact) mass is 514 g/mol. The number of phenols is 1. The van der Waals surface area contributed by atoms with E-state index in [1.54, 1.807) is 4.90 Å². The number of carbonyl (C=O) groups excluding carboxylic acids is 2. The van der Waals surface area contributed by atoms with Gasteiger partial charge in [-0.15, -0.1) is 0 Å². The lowest BCUT2D eigenvalue weighted by atomic mass is 9.51. The molecule has 6 rings (SSSR count). The standard InChI is InChI=1S/C31H34N2O5/c1-17-6-7-20(14-18(17)2)8-11-27(36)33(5)23-10-9-22-24-15-21-25(35)16-26(37-19(3)34)29-28(21)31(22,30(23)38-29)12-13-32(24)4/h6-7,14,16,22-24,30,35H,9-10,12-13,15H2,1-5H3/t22-,23-,24+,30-,31-/m0/s1. The highest BCUT2D eigenvalue weighted by Crippen LogP contribution is 2.65. The van der Waals surface area contributed by atoms with E-state index in [4.69, 9.17) is 9.47 Å². The van der Waals surface area contributed by atoms with Crippen molar-refractivity contribution < 1.29 is 24.2 Å². The molecule has 1 saturated carbocycles. The highest BCUT2D eigenvalue weighted by atomic mass is 16.6. The summed E-state index contributed by atoms with van der Waals surface area (Å²) in [5, 5.41) is 11.1. The van der Waals surface area contributed by atoms with Crippen molar-refractivity contribution in [2.75, 3.05) is 20.6 Å². The Morgan fingerprint density at radius 1 is 1.21 bits per heavy atom. The van der Waals surface area contributed by atoms with Gasteiger partial charge < -0.3 is 24.4 Å². The summed E-state index contributed by atoms with van der Waals surface area (Å²) in [7, 11) is 3.97. The summed E-state index contributed by atoms with van der Waals surface area (Å²) in [5.74, 6) is 6.48. The zero-order valence-electron chi connectivity index (χ0n) is 22.6. The molecule has 1 saturated heterocycles. The van der Waals surface area contributed by atoms with Crippen molar-refractivity contribution in [1.82, 2.24) is 9.80 Å². The first-order chi connectivity index (χ1) is 18.1. The summed E-state index contributed by atoms with van der Waals surface area (Å²) < 4.78 is 12.3. The van der Waals surface area contributed by atoms with Crippen molar-refractivity contribution in [3.8, 4) is 29.1 Å². The van der Waals surface area contributed by atoms with Crippen molar-refractivity contribution in [2.24, 2.45) is 5.92 Å². The Balaban J connectivity index is 1.39. The molecular weight excluding hydrogens is 480 g/mol. The minimum Gasteiger partial charge on any atom is -0.508 e. The summed E-state index contributed by atoms with van der Waals surface area (Å²) in [6, 6.07) is 7.56. The molecule has 1 N–H and O–H groups in total. The first kappa shape index (κ1) is 24.8. The first-order valence-corrected chi connectivity index (χ1v) is 13.4. The van der Waals surface area contributed by atoms with Crippen LogP contribution in [0.4, 0.5) is 0 Å².